The van der Waals surface area contributed by atoms with Crippen LogP contribution in [0.5, 0.6) is 0 Å². The Kier molecular flexibility index (Phi) is 1.22. The minimum absolute atomic E-state index is 0.253. The highest BCUT2D eigenvalue weighted by Gasteiger charge is 1.97. The number of halogens is 1. The lowest BCUT2D eigenvalue weighted by molar-refractivity contribution is 1.02. The van der Waals surface area contributed by atoms with Crippen molar-refractivity contribution >= 4 is 17.2 Å². The Morgan fingerprint density at radius 2 is 2.45 bits per heavy atom. The van der Waals surface area contributed by atoms with Gasteiger partial charge in [0.15, 0.2) is 5.65 Å². The Balaban J connectivity index is 2.97. The molecule has 0 bridgehead atoms. The predicted octanol–water partition coefficient (Wildman–Crippen LogP) is 0.676. The predicted molar refractivity (Wildman–Crippen MR) is 40.8 cm³/mol. The topological polar surface area (TPSA) is 50.2 Å². The summed E-state index contributed by atoms with van der Waals surface area (Å²) in [6.07, 6.45) is 1.57. The zero-order chi connectivity index (χ0) is 7.84. The van der Waals surface area contributed by atoms with E-state index in [4.69, 9.17) is 11.6 Å². The molecule has 2 heterocycles. The van der Waals surface area contributed by atoms with Gasteiger partial charge in [0.05, 0.1) is 0 Å². The van der Waals surface area contributed by atoms with Gasteiger partial charge < -0.3 is 0 Å². The normalized spacial score (nSPS) is 10.6. The molecular formula is C6H4ClN3O. The highest BCUT2D eigenvalue weighted by atomic mass is 35.5. The van der Waals surface area contributed by atoms with Crippen molar-refractivity contribution in [3.63, 3.8) is 0 Å². The molecule has 2 rings (SSSR count). The van der Waals surface area contributed by atoms with Gasteiger partial charge in [0.1, 0.15) is 0 Å². The third kappa shape index (κ3) is 0.914. The second-order valence-electron chi connectivity index (χ2n) is 2.10. The van der Waals surface area contributed by atoms with E-state index in [0.29, 0.717) is 10.7 Å². The highest BCUT2D eigenvalue weighted by Crippen LogP contribution is 2.07. The van der Waals surface area contributed by atoms with Gasteiger partial charge in [-0.05, 0) is 6.07 Å². The monoisotopic (exact) mass is 169 g/mol. The van der Waals surface area contributed by atoms with Crippen molar-refractivity contribution in [2.45, 2.75) is 0 Å². The third-order valence-corrected chi connectivity index (χ3v) is 1.62. The molecule has 0 aliphatic rings. The molecule has 0 saturated carbocycles. The van der Waals surface area contributed by atoms with Gasteiger partial charge in [-0.2, -0.15) is 5.10 Å². The summed E-state index contributed by atoms with van der Waals surface area (Å²) in [6, 6.07) is 3.24. The minimum atomic E-state index is -0.253. The zero-order valence-corrected chi connectivity index (χ0v) is 6.17. The number of hydrogen-bond acceptors (Lipinski definition) is 2. The van der Waals surface area contributed by atoms with Crippen LogP contribution in [-0.4, -0.2) is 14.6 Å². The molecule has 11 heavy (non-hydrogen) atoms. The van der Waals surface area contributed by atoms with E-state index < -0.39 is 0 Å². The van der Waals surface area contributed by atoms with E-state index in [1.165, 1.54) is 4.40 Å². The van der Waals surface area contributed by atoms with Crippen molar-refractivity contribution in [3.8, 4) is 0 Å². The molecule has 0 radical (unpaired) electrons. The molecule has 2 aromatic heterocycles. The van der Waals surface area contributed by atoms with Crippen molar-refractivity contribution in [3.05, 3.63) is 33.8 Å². The number of pyridine rings is 1. The summed E-state index contributed by atoms with van der Waals surface area (Å²) in [4.78, 5) is 10.9. The third-order valence-electron chi connectivity index (χ3n) is 1.38. The van der Waals surface area contributed by atoms with Gasteiger partial charge in [0, 0.05) is 17.3 Å². The lowest BCUT2D eigenvalue weighted by atomic mass is 10.5. The van der Waals surface area contributed by atoms with Gasteiger partial charge in [-0.3, -0.25) is 4.40 Å². The second-order valence-corrected chi connectivity index (χ2v) is 2.54. The number of fused-ring (bicyclic) bond motifs is 1. The van der Waals surface area contributed by atoms with Crippen LogP contribution < -0.4 is 5.69 Å². The van der Waals surface area contributed by atoms with Crippen LogP contribution in [-0.2, 0) is 0 Å². The van der Waals surface area contributed by atoms with Crippen molar-refractivity contribution in [1.82, 2.24) is 14.6 Å². The van der Waals surface area contributed by atoms with E-state index in [1.54, 1.807) is 18.3 Å². The number of H-pyrrole nitrogens is 1. The lowest BCUT2D eigenvalue weighted by Gasteiger charge is -1.88. The maximum absolute atomic E-state index is 10.9. The van der Waals surface area contributed by atoms with Crippen molar-refractivity contribution in [1.29, 1.82) is 0 Å². The second kappa shape index (κ2) is 2.10. The molecule has 0 amide bonds. The fourth-order valence-corrected chi connectivity index (χ4v) is 1.03. The molecule has 0 aliphatic carbocycles. The molecule has 56 valence electrons. The van der Waals surface area contributed by atoms with Crippen LogP contribution in [0.1, 0.15) is 0 Å². The number of aromatic amines is 1. The average molecular weight is 170 g/mol. The quantitative estimate of drug-likeness (QED) is 0.631. The molecule has 0 saturated heterocycles. The van der Waals surface area contributed by atoms with E-state index in [0.717, 1.165) is 0 Å². The van der Waals surface area contributed by atoms with Crippen LogP contribution >= 0.6 is 11.6 Å². The molecule has 0 fully saturated rings. The summed E-state index contributed by atoms with van der Waals surface area (Å²) < 4.78 is 1.38. The Morgan fingerprint density at radius 3 is 3.27 bits per heavy atom. The summed E-state index contributed by atoms with van der Waals surface area (Å²) >= 11 is 5.66. The first-order valence-corrected chi connectivity index (χ1v) is 3.37. The molecule has 0 aliphatic heterocycles. The molecule has 4 nitrogen and oxygen atoms in total. The van der Waals surface area contributed by atoms with E-state index >= 15 is 0 Å². The van der Waals surface area contributed by atoms with Gasteiger partial charge in [-0.15, -0.1) is 0 Å². The van der Waals surface area contributed by atoms with Gasteiger partial charge in [-0.1, -0.05) is 11.6 Å². The Labute approximate surface area is 66.4 Å². The maximum atomic E-state index is 10.9. The van der Waals surface area contributed by atoms with E-state index in [2.05, 4.69) is 10.2 Å². The van der Waals surface area contributed by atoms with E-state index in [1.807, 2.05) is 0 Å². The van der Waals surface area contributed by atoms with Crippen LogP contribution in [0.2, 0.25) is 5.02 Å². The van der Waals surface area contributed by atoms with Gasteiger partial charge in [-0.25, -0.2) is 9.89 Å². The highest BCUT2D eigenvalue weighted by molar-refractivity contribution is 6.30. The Morgan fingerprint density at radius 1 is 1.64 bits per heavy atom. The summed E-state index contributed by atoms with van der Waals surface area (Å²) in [6.45, 7) is 0. The standard InChI is InChI=1S/C6H4ClN3O/c7-4-1-2-10-5(3-4)8-9-6(10)11/h1-3H,(H,9,11). The largest absolute Gasteiger partial charge is 0.347 e. The SMILES string of the molecule is O=c1[nH]nc2cc(Cl)ccn12. The first-order chi connectivity index (χ1) is 5.27. The van der Waals surface area contributed by atoms with Crippen LogP contribution in [0.3, 0.4) is 0 Å². The first-order valence-electron chi connectivity index (χ1n) is 3.00. The number of rotatable bonds is 0. The number of hydrogen-bond donors (Lipinski definition) is 1. The molecule has 0 aromatic carbocycles. The van der Waals surface area contributed by atoms with Crippen molar-refractivity contribution in [2.24, 2.45) is 0 Å². The van der Waals surface area contributed by atoms with Crippen LogP contribution in [0.15, 0.2) is 23.1 Å². The first kappa shape index (κ1) is 6.42. The number of nitrogens with one attached hydrogen (secondary N) is 1. The van der Waals surface area contributed by atoms with Crippen molar-refractivity contribution < 1.29 is 0 Å². The summed E-state index contributed by atoms with van der Waals surface area (Å²) in [7, 11) is 0. The van der Waals surface area contributed by atoms with Crippen LogP contribution in [0, 0.1) is 0 Å². The summed E-state index contributed by atoms with van der Waals surface area (Å²) in [5.74, 6) is 0. The van der Waals surface area contributed by atoms with E-state index in [9.17, 15) is 4.79 Å². The fourth-order valence-electron chi connectivity index (χ4n) is 0.880. The minimum Gasteiger partial charge on any atom is -0.250 e. The molecule has 0 spiro atoms. The van der Waals surface area contributed by atoms with Crippen LogP contribution in [0.4, 0.5) is 0 Å². The van der Waals surface area contributed by atoms with Gasteiger partial charge in [0.25, 0.3) is 0 Å². The lowest BCUT2D eigenvalue weighted by Crippen LogP contribution is -2.07. The Bertz CT molecular complexity index is 444. The molecule has 1 N–H and O–H groups in total. The molecule has 0 unspecified atom stereocenters. The summed E-state index contributed by atoms with van der Waals surface area (Å²) in [5, 5.41) is 6.59. The fraction of sp³-hybridized carbons (Fsp3) is 0. The van der Waals surface area contributed by atoms with Gasteiger partial charge in [0.2, 0.25) is 0 Å². The van der Waals surface area contributed by atoms with E-state index in [-0.39, 0.29) is 5.69 Å². The van der Waals surface area contributed by atoms with Gasteiger partial charge >= 0.3 is 5.69 Å². The van der Waals surface area contributed by atoms with Crippen LogP contribution in [0.25, 0.3) is 5.65 Å². The molecular weight excluding hydrogens is 166 g/mol. The number of nitrogens with zero attached hydrogens (tertiary/aromatic N) is 2. The molecule has 0 atom stereocenters. The maximum Gasteiger partial charge on any atom is 0.347 e. The number of aromatic nitrogens is 3. The zero-order valence-electron chi connectivity index (χ0n) is 5.41. The molecule has 2 aromatic rings. The van der Waals surface area contributed by atoms with Crippen molar-refractivity contribution in [2.75, 3.05) is 0 Å². The Hall–Kier alpha value is -1.29. The molecule has 5 heteroatoms. The average Bonchev–Trinajstić information content (AvgIpc) is 2.32. The summed E-state index contributed by atoms with van der Waals surface area (Å²) in [5.41, 5.74) is 0.277. The smallest absolute Gasteiger partial charge is 0.250 e.